The molecule has 1 aromatic carbocycles. The van der Waals surface area contributed by atoms with Crippen molar-refractivity contribution in [1.29, 1.82) is 0 Å². The van der Waals surface area contributed by atoms with Crippen molar-refractivity contribution in [3.63, 3.8) is 0 Å². The average molecular weight is 422 g/mol. The third-order valence-electron chi connectivity index (χ3n) is 5.02. The largest absolute Gasteiger partial charge is 0.488 e. The molecule has 0 saturated carbocycles. The van der Waals surface area contributed by atoms with E-state index in [0.29, 0.717) is 50.5 Å². The molecule has 0 aliphatic carbocycles. The van der Waals surface area contributed by atoms with Crippen molar-refractivity contribution >= 4 is 23.2 Å². The molecule has 1 saturated heterocycles. The number of nitrogens with zero attached hydrogens (tertiary/aromatic N) is 3. The van der Waals surface area contributed by atoms with Crippen LogP contribution >= 0.6 is 11.3 Å². The van der Waals surface area contributed by atoms with Crippen LogP contribution in [0.5, 0.6) is 5.75 Å². The molecule has 154 valence electrons. The van der Waals surface area contributed by atoms with E-state index in [0.717, 1.165) is 10.6 Å². The summed E-state index contributed by atoms with van der Waals surface area (Å²) in [5.74, 6) is 0.691. The zero-order valence-corrected chi connectivity index (χ0v) is 17.4. The van der Waals surface area contributed by atoms with Crippen LogP contribution in [0.1, 0.15) is 20.9 Å². The first-order chi connectivity index (χ1) is 14.7. The highest BCUT2D eigenvalue weighted by Gasteiger charge is 2.25. The van der Waals surface area contributed by atoms with E-state index in [-0.39, 0.29) is 11.8 Å². The lowest BCUT2D eigenvalue weighted by Gasteiger charge is -2.35. The van der Waals surface area contributed by atoms with Gasteiger partial charge in [0.05, 0.1) is 6.42 Å². The van der Waals surface area contributed by atoms with Crippen molar-refractivity contribution < 1.29 is 14.3 Å². The fourth-order valence-electron chi connectivity index (χ4n) is 3.38. The fraction of sp³-hybridized carbons (Fsp3) is 0.261. The van der Waals surface area contributed by atoms with Crippen LogP contribution in [0.3, 0.4) is 0 Å². The second-order valence-electron chi connectivity index (χ2n) is 7.07. The third kappa shape index (κ3) is 5.04. The van der Waals surface area contributed by atoms with Crippen molar-refractivity contribution in [2.24, 2.45) is 0 Å². The summed E-state index contributed by atoms with van der Waals surface area (Å²) in [6.45, 7) is 2.60. The van der Waals surface area contributed by atoms with Crippen molar-refractivity contribution in [2.45, 2.75) is 13.0 Å². The number of aromatic nitrogens is 1. The van der Waals surface area contributed by atoms with Gasteiger partial charge in [-0.2, -0.15) is 0 Å². The van der Waals surface area contributed by atoms with Gasteiger partial charge in [-0.3, -0.25) is 14.6 Å². The molecule has 6 nitrogen and oxygen atoms in total. The maximum absolute atomic E-state index is 12.9. The van der Waals surface area contributed by atoms with Gasteiger partial charge < -0.3 is 14.5 Å². The summed E-state index contributed by atoms with van der Waals surface area (Å²) >= 11 is 1.64. The summed E-state index contributed by atoms with van der Waals surface area (Å²) < 4.78 is 5.81. The van der Waals surface area contributed by atoms with E-state index in [4.69, 9.17) is 4.74 Å². The monoisotopic (exact) mass is 421 g/mol. The van der Waals surface area contributed by atoms with Crippen LogP contribution < -0.4 is 4.74 Å². The minimum Gasteiger partial charge on any atom is -0.488 e. The number of carbonyl (C=O) groups is 2. The van der Waals surface area contributed by atoms with Crippen LogP contribution in [0, 0.1) is 0 Å². The average Bonchev–Trinajstić information content (AvgIpc) is 3.32. The number of carbonyl (C=O) groups excluding carboxylic acids is 2. The molecular weight excluding hydrogens is 398 g/mol. The highest BCUT2D eigenvalue weighted by molar-refractivity contribution is 7.09. The van der Waals surface area contributed by atoms with Crippen LogP contribution in [-0.4, -0.2) is 52.8 Å². The lowest BCUT2D eigenvalue weighted by atomic mass is 10.1. The molecule has 30 heavy (non-hydrogen) atoms. The molecule has 0 bridgehead atoms. The first-order valence-corrected chi connectivity index (χ1v) is 10.8. The highest BCUT2D eigenvalue weighted by atomic mass is 32.1. The van der Waals surface area contributed by atoms with E-state index in [1.807, 2.05) is 47.8 Å². The van der Waals surface area contributed by atoms with Gasteiger partial charge in [-0.05, 0) is 41.8 Å². The van der Waals surface area contributed by atoms with Crippen LogP contribution in [0.4, 0.5) is 0 Å². The lowest BCUT2D eigenvalue weighted by molar-refractivity contribution is -0.132. The molecule has 3 aromatic rings. The first-order valence-electron chi connectivity index (χ1n) is 9.91. The van der Waals surface area contributed by atoms with Gasteiger partial charge in [0.15, 0.2) is 0 Å². The zero-order chi connectivity index (χ0) is 20.8. The Hall–Kier alpha value is -3.19. The standard InChI is InChI=1S/C23H23N3O3S/c27-22(16-19-6-1-2-9-24-19)25-10-12-26(13-11-25)23(28)18-5-3-7-20(15-18)29-17-21-8-4-14-30-21/h1-9,14-15H,10-13,16-17H2. The molecule has 0 radical (unpaired) electrons. The molecule has 2 amide bonds. The van der Waals surface area contributed by atoms with E-state index < -0.39 is 0 Å². The fourth-order valence-corrected chi connectivity index (χ4v) is 4.00. The van der Waals surface area contributed by atoms with Gasteiger partial charge in [-0.1, -0.05) is 18.2 Å². The zero-order valence-electron chi connectivity index (χ0n) is 16.6. The molecule has 2 aromatic heterocycles. The van der Waals surface area contributed by atoms with Crippen LogP contribution in [-0.2, 0) is 17.8 Å². The topological polar surface area (TPSA) is 62.7 Å². The van der Waals surface area contributed by atoms with Gasteiger partial charge in [0.2, 0.25) is 5.91 Å². The number of rotatable bonds is 6. The molecule has 4 rings (SSSR count). The van der Waals surface area contributed by atoms with E-state index in [1.165, 1.54) is 0 Å². The lowest BCUT2D eigenvalue weighted by Crippen LogP contribution is -2.51. The molecule has 1 fully saturated rings. The second-order valence-corrected chi connectivity index (χ2v) is 8.10. The highest BCUT2D eigenvalue weighted by Crippen LogP contribution is 2.19. The maximum atomic E-state index is 12.9. The minimum atomic E-state index is -0.0339. The predicted octanol–water partition coefficient (Wildman–Crippen LogP) is 3.25. The Morgan fingerprint density at radius 1 is 0.967 bits per heavy atom. The van der Waals surface area contributed by atoms with Gasteiger partial charge in [0, 0.05) is 48.5 Å². The molecule has 0 spiro atoms. The van der Waals surface area contributed by atoms with Crippen molar-refractivity contribution in [2.75, 3.05) is 26.2 Å². The molecular formula is C23H23N3O3S. The molecule has 3 heterocycles. The van der Waals surface area contributed by atoms with Crippen LogP contribution in [0.15, 0.2) is 66.2 Å². The summed E-state index contributed by atoms with van der Waals surface area (Å²) in [5, 5.41) is 2.01. The number of benzene rings is 1. The molecule has 7 heteroatoms. The molecule has 1 aliphatic heterocycles. The molecule has 1 aliphatic rings. The summed E-state index contributed by atoms with van der Waals surface area (Å²) in [5.41, 5.74) is 1.37. The predicted molar refractivity (Wildman–Crippen MR) is 116 cm³/mol. The summed E-state index contributed by atoms with van der Waals surface area (Å²) in [6.07, 6.45) is 1.98. The van der Waals surface area contributed by atoms with Crippen molar-refractivity contribution in [1.82, 2.24) is 14.8 Å². The van der Waals surface area contributed by atoms with E-state index in [9.17, 15) is 9.59 Å². The normalized spacial score (nSPS) is 13.9. The number of amides is 2. The number of hydrogen-bond donors (Lipinski definition) is 0. The summed E-state index contributed by atoms with van der Waals surface area (Å²) in [7, 11) is 0. The molecule has 0 atom stereocenters. The van der Waals surface area contributed by atoms with E-state index >= 15 is 0 Å². The second kappa shape index (κ2) is 9.54. The Morgan fingerprint density at radius 2 is 1.80 bits per heavy atom. The van der Waals surface area contributed by atoms with E-state index in [1.54, 1.807) is 39.5 Å². The number of thiophene rings is 1. The van der Waals surface area contributed by atoms with Crippen molar-refractivity contribution in [3.05, 3.63) is 82.3 Å². The Kier molecular flexibility index (Phi) is 6.39. The van der Waals surface area contributed by atoms with Gasteiger partial charge in [0.1, 0.15) is 12.4 Å². The van der Waals surface area contributed by atoms with Gasteiger partial charge >= 0.3 is 0 Å². The number of pyridine rings is 1. The van der Waals surface area contributed by atoms with Crippen molar-refractivity contribution in [3.8, 4) is 5.75 Å². The Bertz CT molecular complexity index is 984. The Morgan fingerprint density at radius 3 is 2.53 bits per heavy atom. The number of piperazine rings is 1. The summed E-state index contributed by atoms with van der Waals surface area (Å²) in [6, 6.07) is 16.9. The molecule has 0 N–H and O–H groups in total. The quantitative estimate of drug-likeness (QED) is 0.613. The van der Waals surface area contributed by atoms with Crippen LogP contribution in [0.2, 0.25) is 0 Å². The third-order valence-corrected chi connectivity index (χ3v) is 5.87. The number of hydrogen-bond acceptors (Lipinski definition) is 5. The van der Waals surface area contributed by atoms with Gasteiger partial charge in [0.25, 0.3) is 5.91 Å². The SMILES string of the molecule is O=C(Cc1ccccn1)N1CCN(C(=O)c2cccc(OCc3cccs3)c2)CC1. The smallest absolute Gasteiger partial charge is 0.254 e. The number of ether oxygens (including phenoxy) is 1. The summed E-state index contributed by atoms with van der Waals surface area (Å²) in [4.78, 5) is 34.4. The maximum Gasteiger partial charge on any atom is 0.254 e. The van der Waals surface area contributed by atoms with E-state index in [2.05, 4.69) is 4.98 Å². The van der Waals surface area contributed by atoms with Crippen LogP contribution in [0.25, 0.3) is 0 Å². The van der Waals surface area contributed by atoms with Gasteiger partial charge in [-0.25, -0.2) is 0 Å². The Balaban J connectivity index is 1.30. The minimum absolute atomic E-state index is 0.0339. The molecule has 0 unspecified atom stereocenters. The first kappa shape index (κ1) is 20.1. The van der Waals surface area contributed by atoms with Gasteiger partial charge in [-0.15, -0.1) is 11.3 Å². The Labute approximate surface area is 179 Å².